The highest BCUT2D eigenvalue weighted by Gasteiger charge is 2.26. The minimum Gasteiger partial charge on any atom is -0.475 e. The average molecular weight is 382 g/mol. The second kappa shape index (κ2) is 9.66. The first kappa shape index (κ1) is 19.6. The van der Waals surface area contributed by atoms with Crippen molar-refractivity contribution in [2.75, 3.05) is 26.9 Å². The Bertz CT molecular complexity index is 836. The zero-order chi connectivity index (χ0) is 19.8. The van der Waals surface area contributed by atoms with Gasteiger partial charge < -0.3 is 19.3 Å². The smallest absolute Gasteiger partial charge is 0.334 e. The van der Waals surface area contributed by atoms with Gasteiger partial charge in [-0.3, -0.25) is 0 Å². The number of benzene rings is 2. The van der Waals surface area contributed by atoms with Crippen molar-refractivity contribution in [3.05, 3.63) is 71.8 Å². The van der Waals surface area contributed by atoms with E-state index in [4.69, 9.17) is 14.6 Å². The third kappa shape index (κ3) is 4.95. The molecule has 7 nitrogen and oxygen atoms in total. The van der Waals surface area contributed by atoms with Crippen LogP contribution in [-0.4, -0.2) is 61.9 Å². The fourth-order valence-corrected chi connectivity index (χ4v) is 2.62. The van der Waals surface area contributed by atoms with Crippen molar-refractivity contribution in [2.24, 2.45) is 9.98 Å². The van der Waals surface area contributed by atoms with E-state index in [-0.39, 0.29) is 25.2 Å². The Morgan fingerprint density at radius 1 is 0.964 bits per heavy atom. The van der Waals surface area contributed by atoms with Gasteiger partial charge in [0, 0.05) is 11.1 Å². The summed E-state index contributed by atoms with van der Waals surface area (Å²) in [5.41, 5.74) is 1.85. The van der Waals surface area contributed by atoms with Crippen molar-refractivity contribution >= 4 is 17.8 Å². The highest BCUT2D eigenvalue weighted by Crippen LogP contribution is 2.13. The average Bonchev–Trinajstić information content (AvgIpc) is 3.45. The third-order valence-electron chi connectivity index (χ3n) is 4.09. The van der Waals surface area contributed by atoms with Crippen LogP contribution in [0, 0.1) is 0 Å². The van der Waals surface area contributed by atoms with E-state index in [2.05, 4.69) is 14.7 Å². The van der Waals surface area contributed by atoms with E-state index in [1.54, 1.807) is 0 Å². The molecule has 4 rings (SSSR count). The molecule has 0 spiro atoms. The standard InChI is InChI=1S/C11H11NO3.C10H11NO2/c1-14-11(13)9-7-15-10(12-9)8-5-3-2-4-6-8;12-6-9-7-13-10(11-9)8-4-2-1-3-5-8/h2-6,9H,7H2,1H3;1-5,9,12H,6-7H2/t2*9-/m01/s1. The normalized spacial score (nSPS) is 20.1. The van der Waals surface area contributed by atoms with Gasteiger partial charge in [-0.15, -0.1) is 0 Å². The highest BCUT2D eigenvalue weighted by molar-refractivity contribution is 5.97. The molecule has 0 amide bonds. The van der Waals surface area contributed by atoms with Gasteiger partial charge in [0.25, 0.3) is 0 Å². The molecule has 7 heteroatoms. The molecule has 2 aliphatic heterocycles. The van der Waals surface area contributed by atoms with Crippen LogP contribution in [0.15, 0.2) is 70.6 Å². The van der Waals surface area contributed by atoms with Crippen molar-refractivity contribution < 1.29 is 24.1 Å². The Kier molecular flexibility index (Phi) is 6.75. The molecule has 2 heterocycles. The maximum absolute atomic E-state index is 11.2. The zero-order valence-electron chi connectivity index (χ0n) is 15.5. The first-order chi connectivity index (χ1) is 13.7. The molecule has 2 atom stereocenters. The summed E-state index contributed by atoms with van der Waals surface area (Å²) in [4.78, 5) is 19.6. The molecule has 146 valence electrons. The molecule has 0 saturated carbocycles. The van der Waals surface area contributed by atoms with E-state index in [9.17, 15) is 4.79 Å². The summed E-state index contributed by atoms with van der Waals surface area (Å²) in [5.74, 6) is 0.784. The van der Waals surface area contributed by atoms with Gasteiger partial charge in [0.1, 0.15) is 19.3 Å². The Morgan fingerprint density at radius 2 is 1.50 bits per heavy atom. The van der Waals surface area contributed by atoms with Crippen molar-refractivity contribution in [3.8, 4) is 0 Å². The molecule has 1 N–H and O–H groups in total. The van der Waals surface area contributed by atoms with Crippen LogP contribution in [0.3, 0.4) is 0 Å². The van der Waals surface area contributed by atoms with E-state index < -0.39 is 6.04 Å². The lowest BCUT2D eigenvalue weighted by atomic mass is 10.2. The van der Waals surface area contributed by atoms with Gasteiger partial charge in [-0.1, -0.05) is 36.4 Å². The summed E-state index contributed by atoms with van der Waals surface area (Å²) in [6.45, 7) is 0.800. The molecule has 0 saturated heterocycles. The van der Waals surface area contributed by atoms with Crippen LogP contribution in [0.5, 0.6) is 0 Å². The van der Waals surface area contributed by atoms with Crippen LogP contribution >= 0.6 is 0 Å². The molecule has 0 fully saturated rings. The number of hydrogen-bond acceptors (Lipinski definition) is 7. The van der Waals surface area contributed by atoms with Gasteiger partial charge in [-0.25, -0.2) is 14.8 Å². The molecule has 2 aromatic carbocycles. The number of aliphatic hydroxyl groups is 1. The number of hydrogen-bond donors (Lipinski definition) is 1. The number of carbonyl (C=O) groups is 1. The number of nitrogens with zero attached hydrogens (tertiary/aromatic N) is 2. The third-order valence-corrected chi connectivity index (χ3v) is 4.09. The van der Waals surface area contributed by atoms with Crippen LogP contribution in [0.4, 0.5) is 0 Å². The summed E-state index contributed by atoms with van der Waals surface area (Å²) in [6, 6.07) is 18.6. The molecule has 0 radical (unpaired) electrons. The van der Waals surface area contributed by atoms with Crippen LogP contribution in [0.2, 0.25) is 0 Å². The Morgan fingerprint density at radius 3 is 2.00 bits per heavy atom. The van der Waals surface area contributed by atoms with E-state index in [0.717, 1.165) is 11.1 Å². The highest BCUT2D eigenvalue weighted by atomic mass is 16.5. The van der Waals surface area contributed by atoms with Gasteiger partial charge >= 0.3 is 5.97 Å². The first-order valence-corrected chi connectivity index (χ1v) is 8.92. The van der Waals surface area contributed by atoms with E-state index >= 15 is 0 Å². The lowest BCUT2D eigenvalue weighted by Crippen LogP contribution is -2.21. The number of carbonyl (C=O) groups excluding carboxylic acids is 1. The van der Waals surface area contributed by atoms with E-state index in [0.29, 0.717) is 18.4 Å². The zero-order valence-corrected chi connectivity index (χ0v) is 15.5. The summed E-state index contributed by atoms with van der Waals surface area (Å²) >= 11 is 0. The number of methoxy groups -OCH3 is 1. The first-order valence-electron chi connectivity index (χ1n) is 8.92. The van der Waals surface area contributed by atoms with Crippen molar-refractivity contribution in [2.45, 2.75) is 12.1 Å². The molecular weight excluding hydrogens is 360 g/mol. The predicted molar refractivity (Wildman–Crippen MR) is 105 cm³/mol. The summed E-state index contributed by atoms with van der Waals surface area (Å²) in [5, 5.41) is 8.84. The number of aliphatic hydroxyl groups excluding tert-OH is 1. The second-order valence-electron chi connectivity index (χ2n) is 6.10. The van der Waals surface area contributed by atoms with Gasteiger partial charge in [-0.2, -0.15) is 0 Å². The van der Waals surface area contributed by atoms with E-state index in [1.807, 2.05) is 60.7 Å². The number of ether oxygens (including phenoxy) is 3. The van der Waals surface area contributed by atoms with Gasteiger partial charge in [0.05, 0.1) is 13.7 Å². The Labute approximate surface area is 163 Å². The Balaban J connectivity index is 0.000000162. The monoisotopic (exact) mass is 382 g/mol. The van der Waals surface area contributed by atoms with Crippen LogP contribution in [0.25, 0.3) is 0 Å². The van der Waals surface area contributed by atoms with Gasteiger partial charge in [-0.05, 0) is 24.3 Å². The fraction of sp³-hybridized carbons (Fsp3) is 0.286. The molecule has 28 heavy (non-hydrogen) atoms. The molecule has 2 aromatic rings. The lowest BCUT2D eigenvalue weighted by molar-refractivity contribution is -0.142. The second-order valence-corrected chi connectivity index (χ2v) is 6.10. The molecular formula is C21H22N2O5. The number of aliphatic imine (C=N–C) groups is 2. The quantitative estimate of drug-likeness (QED) is 0.815. The molecule has 0 bridgehead atoms. The molecule has 0 aromatic heterocycles. The summed E-state index contributed by atoms with van der Waals surface area (Å²) in [6.07, 6.45) is 0. The Hall–Kier alpha value is -3.19. The minimum atomic E-state index is -0.523. The SMILES string of the molecule is COC(=O)[C@@H]1COC(c2ccccc2)=N1.OC[C@@H]1COC(c2ccccc2)=N1. The number of rotatable bonds is 4. The topological polar surface area (TPSA) is 89.7 Å². The van der Waals surface area contributed by atoms with Gasteiger partial charge in [0.15, 0.2) is 6.04 Å². The lowest BCUT2D eigenvalue weighted by Gasteiger charge is -2.00. The number of esters is 1. The maximum atomic E-state index is 11.2. The van der Waals surface area contributed by atoms with Gasteiger partial charge in [0.2, 0.25) is 11.8 Å². The van der Waals surface area contributed by atoms with E-state index in [1.165, 1.54) is 7.11 Å². The molecule has 2 aliphatic rings. The summed E-state index contributed by atoms with van der Waals surface area (Å²) in [7, 11) is 1.35. The van der Waals surface area contributed by atoms with Crippen LogP contribution in [0.1, 0.15) is 11.1 Å². The van der Waals surface area contributed by atoms with Crippen molar-refractivity contribution in [1.29, 1.82) is 0 Å². The fourth-order valence-electron chi connectivity index (χ4n) is 2.62. The van der Waals surface area contributed by atoms with Crippen molar-refractivity contribution in [3.63, 3.8) is 0 Å². The molecule has 0 aliphatic carbocycles. The van der Waals surface area contributed by atoms with Crippen molar-refractivity contribution in [1.82, 2.24) is 0 Å². The summed E-state index contributed by atoms with van der Waals surface area (Å²) < 4.78 is 15.2. The largest absolute Gasteiger partial charge is 0.475 e. The maximum Gasteiger partial charge on any atom is 0.334 e. The minimum absolute atomic E-state index is 0.0519. The van der Waals surface area contributed by atoms with Crippen LogP contribution < -0.4 is 0 Å². The predicted octanol–water partition coefficient (Wildman–Crippen LogP) is 1.83. The molecule has 0 unspecified atom stereocenters. The van der Waals surface area contributed by atoms with Crippen LogP contribution in [-0.2, 0) is 19.0 Å².